The number of Topliss-reactive ketones (excluding diaryl/α,β-unsaturated/α-hetero) is 1. The molecule has 0 spiro atoms. The van der Waals surface area contributed by atoms with Crippen LogP contribution < -0.4 is 0 Å². The lowest BCUT2D eigenvalue weighted by Gasteiger charge is -2.07. The van der Waals surface area contributed by atoms with E-state index in [2.05, 4.69) is 5.10 Å². The van der Waals surface area contributed by atoms with E-state index in [0.717, 1.165) is 23.6 Å². The second-order valence-corrected chi connectivity index (χ2v) is 5.48. The Morgan fingerprint density at radius 3 is 2.81 bits per heavy atom. The Morgan fingerprint density at radius 2 is 2.25 bits per heavy atom. The quantitative estimate of drug-likeness (QED) is 0.756. The Bertz CT molecular complexity index is 380. The minimum absolute atomic E-state index is 0.335. The molecule has 1 aromatic rings. The molecule has 1 aromatic heterocycles. The molecular formula is C12H18N2OS. The monoisotopic (exact) mass is 238 g/mol. The molecule has 1 aliphatic rings. The minimum Gasteiger partial charge on any atom is -0.298 e. The summed E-state index contributed by atoms with van der Waals surface area (Å²) in [6.45, 7) is 1.98. The Morgan fingerprint density at radius 1 is 1.56 bits per heavy atom. The van der Waals surface area contributed by atoms with Gasteiger partial charge in [0, 0.05) is 13.0 Å². The molecule has 0 radical (unpaired) electrons. The predicted molar refractivity (Wildman–Crippen MR) is 65.6 cm³/mol. The van der Waals surface area contributed by atoms with Crippen molar-refractivity contribution < 1.29 is 4.79 Å². The van der Waals surface area contributed by atoms with Crippen LogP contribution in [0, 0.1) is 12.8 Å². The van der Waals surface area contributed by atoms with Crippen LogP contribution in [0.25, 0.3) is 0 Å². The van der Waals surface area contributed by atoms with E-state index in [1.165, 1.54) is 12.8 Å². The summed E-state index contributed by atoms with van der Waals surface area (Å²) >= 11 is 1.61. The zero-order valence-electron chi connectivity index (χ0n) is 9.90. The maximum absolute atomic E-state index is 11.9. The number of hydrogen-bond donors (Lipinski definition) is 0. The highest BCUT2D eigenvalue weighted by molar-refractivity contribution is 7.99. The minimum atomic E-state index is 0.335. The summed E-state index contributed by atoms with van der Waals surface area (Å²) in [5, 5.41) is 5.36. The van der Waals surface area contributed by atoms with Crippen molar-refractivity contribution in [1.29, 1.82) is 0 Å². The fraction of sp³-hybridized carbons (Fsp3) is 0.667. The second kappa shape index (κ2) is 5.04. The van der Waals surface area contributed by atoms with E-state index in [4.69, 9.17) is 0 Å². The number of ketones is 1. The maximum Gasteiger partial charge on any atom is 0.146 e. The molecule has 3 nitrogen and oxygen atoms in total. The molecular weight excluding hydrogens is 220 g/mol. The van der Waals surface area contributed by atoms with Crippen LogP contribution in [-0.2, 0) is 11.8 Å². The van der Waals surface area contributed by atoms with Crippen molar-refractivity contribution in [1.82, 2.24) is 9.78 Å². The van der Waals surface area contributed by atoms with Crippen molar-refractivity contribution in [2.45, 2.75) is 37.6 Å². The summed E-state index contributed by atoms with van der Waals surface area (Å²) in [6, 6.07) is 2.03. The number of carbonyl (C=O) groups is 1. The third-order valence-corrected chi connectivity index (χ3v) is 4.24. The molecule has 0 amide bonds. The van der Waals surface area contributed by atoms with E-state index < -0.39 is 0 Å². The Labute approximate surface area is 101 Å². The highest BCUT2D eigenvalue weighted by atomic mass is 32.2. The molecule has 0 N–H and O–H groups in total. The summed E-state index contributed by atoms with van der Waals surface area (Å²) < 4.78 is 1.85. The largest absolute Gasteiger partial charge is 0.298 e. The molecule has 2 rings (SSSR count). The number of thioether (sulfide) groups is 1. The van der Waals surface area contributed by atoms with Gasteiger partial charge in [0.05, 0.1) is 16.5 Å². The van der Waals surface area contributed by atoms with Gasteiger partial charge in [-0.05, 0) is 25.8 Å². The summed E-state index contributed by atoms with van der Waals surface area (Å²) in [6.07, 6.45) is 4.66. The summed E-state index contributed by atoms with van der Waals surface area (Å²) in [7, 11) is 1.93. The maximum atomic E-state index is 11.9. The van der Waals surface area contributed by atoms with Crippen LogP contribution in [0.2, 0.25) is 0 Å². The first-order valence-electron chi connectivity index (χ1n) is 5.83. The molecule has 0 bridgehead atoms. The molecule has 0 saturated heterocycles. The summed E-state index contributed by atoms with van der Waals surface area (Å²) in [5.41, 5.74) is 1.01. The number of aromatic nitrogens is 2. The van der Waals surface area contributed by atoms with Gasteiger partial charge in [0.2, 0.25) is 0 Å². The van der Waals surface area contributed by atoms with E-state index in [1.807, 2.05) is 24.7 Å². The normalized spacial score (nSPS) is 16.9. The van der Waals surface area contributed by atoms with Gasteiger partial charge in [-0.1, -0.05) is 24.6 Å². The SMILES string of the molecule is Cc1cc(SCC(=O)C2CCCC2)n(C)n1. The van der Waals surface area contributed by atoms with Gasteiger partial charge in [0.1, 0.15) is 5.78 Å². The lowest BCUT2D eigenvalue weighted by molar-refractivity contribution is -0.120. The molecule has 1 aliphatic carbocycles. The zero-order chi connectivity index (χ0) is 11.5. The van der Waals surface area contributed by atoms with E-state index in [-0.39, 0.29) is 0 Å². The van der Waals surface area contributed by atoms with Crippen LogP contribution in [0.15, 0.2) is 11.1 Å². The predicted octanol–water partition coefficient (Wildman–Crippen LogP) is 2.58. The molecule has 0 atom stereocenters. The molecule has 0 aliphatic heterocycles. The number of aryl methyl sites for hydroxylation is 2. The second-order valence-electron chi connectivity index (χ2n) is 4.48. The van der Waals surface area contributed by atoms with Gasteiger partial charge in [0.25, 0.3) is 0 Å². The number of nitrogens with zero attached hydrogens (tertiary/aromatic N) is 2. The molecule has 88 valence electrons. The summed E-state index contributed by atoms with van der Waals surface area (Å²) in [5.74, 6) is 1.35. The first-order valence-corrected chi connectivity index (χ1v) is 6.81. The van der Waals surface area contributed by atoms with Crippen LogP contribution in [-0.4, -0.2) is 21.3 Å². The lowest BCUT2D eigenvalue weighted by Crippen LogP contribution is -2.13. The van der Waals surface area contributed by atoms with Crippen LogP contribution in [0.3, 0.4) is 0 Å². The number of carbonyl (C=O) groups excluding carboxylic acids is 1. The van der Waals surface area contributed by atoms with Crippen molar-refractivity contribution >= 4 is 17.5 Å². The molecule has 4 heteroatoms. The van der Waals surface area contributed by atoms with Gasteiger partial charge in [-0.25, -0.2) is 0 Å². The number of rotatable bonds is 4. The average Bonchev–Trinajstić information content (AvgIpc) is 2.84. The number of hydrogen-bond acceptors (Lipinski definition) is 3. The highest BCUT2D eigenvalue weighted by Crippen LogP contribution is 2.28. The molecule has 1 heterocycles. The van der Waals surface area contributed by atoms with Crippen LogP contribution in [0.4, 0.5) is 0 Å². The van der Waals surface area contributed by atoms with Crippen LogP contribution in [0.5, 0.6) is 0 Å². The van der Waals surface area contributed by atoms with E-state index in [9.17, 15) is 4.79 Å². The van der Waals surface area contributed by atoms with Crippen molar-refractivity contribution in [3.63, 3.8) is 0 Å². The van der Waals surface area contributed by atoms with Gasteiger partial charge in [0.15, 0.2) is 0 Å². The molecule has 0 aromatic carbocycles. The van der Waals surface area contributed by atoms with Crippen molar-refractivity contribution in [3.8, 4) is 0 Å². The topological polar surface area (TPSA) is 34.9 Å². The fourth-order valence-electron chi connectivity index (χ4n) is 2.23. The Kier molecular flexibility index (Phi) is 3.69. The van der Waals surface area contributed by atoms with Gasteiger partial charge in [-0.2, -0.15) is 5.10 Å². The zero-order valence-corrected chi connectivity index (χ0v) is 10.7. The third-order valence-electron chi connectivity index (χ3n) is 3.13. The van der Waals surface area contributed by atoms with Gasteiger partial charge >= 0.3 is 0 Å². The van der Waals surface area contributed by atoms with Crippen molar-refractivity contribution in [2.24, 2.45) is 13.0 Å². The van der Waals surface area contributed by atoms with E-state index >= 15 is 0 Å². The van der Waals surface area contributed by atoms with Crippen molar-refractivity contribution in [3.05, 3.63) is 11.8 Å². The standard InChI is InChI=1S/C12H18N2OS/c1-9-7-12(14(2)13-9)16-8-11(15)10-5-3-4-6-10/h7,10H,3-6,8H2,1-2H3. The summed E-state index contributed by atoms with van der Waals surface area (Å²) in [4.78, 5) is 11.9. The smallest absolute Gasteiger partial charge is 0.146 e. The van der Waals surface area contributed by atoms with Gasteiger partial charge < -0.3 is 0 Å². The van der Waals surface area contributed by atoms with E-state index in [0.29, 0.717) is 17.5 Å². The molecule has 16 heavy (non-hydrogen) atoms. The Hall–Kier alpha value is -0.770. The first-order chi connectivity index (χ1) is 7.66. The molecule has 1 fully saturated rings. The van der Waals surface area contributed by atoms with Gasteiger partial charge in [-0.3, -0.25) is 9.48 Å². The van der Waals surface area contributed by atoms with Crippen LogP contribution in [0.1, 0.15) is 31.4 Å². The van der Waals surface area contributed by atoms with Crippen molar-refractivity contribution in [2.75, 3.05) is 5.75 Å². The Balaban J connectivity index is 1.87. The van der Waals surface area contributed by atoms with E-state index in [1.54, 1.807) is 11.8 Å². The molecule has 0 unspecified atom stereocenters. The molecule has 1 saturated carbocycles. The van der Waals surface area contributed by atoms with Crippen LogP contribution >= 0.6 is 11.8 Å². The average molecular weight is 238 g/mol. The van der Waals surface area contributed by atoms with Gasteiger partial charge in [-0.15, -0.1) is 0 Å². The first kappa shape index (κ1) is 11.7. The third kappa shape index (κ3) is 2.67. The lowest BCUT2D eigenvalue weighted by atomic mass is 10.0. The highest BCUT2D eigenvalue weighted by Gasteiger charge is 2.22. The fourth-order valence-corrected chi connectivity index (χ4v) is 3.24.